The van der Waals surface area contributed by atoms with Gasteiger partial charge < -0.3 is 19.9 Å². The topological polar surface area (TPSA) is 98.5 Å². The van der Waals surface area contributed by atoms with Crippen molar-refractivity contribution >= 4 is 22.5 Å². The van der Waals surface area contributed by atoms with Gasteiger partial charge in [0.05, 0.1) is 30.5 Å². The summed E-state index contributed by atoms with van der Waals surface area (Å²) in [7, 11) is 0. The lowest BCUT2D eigenvalue weighted by atomic mass is 9.87. The van der Waals surface area contributed by atoms with Crippen molar-refractivity contribution in [3.8, 4) is 11.6 Å². The Morgan fingerprint density at radius 3 is 2.70 bits per heavy atom. The average Bonchev–Trinajstić information content (AvgIpc) is 3.26. The third kappa shape index (κ3) is 4.95. The van der Waals surface area contributed by atoms with Gasteiger partial charge >= 0.3 is 0 Å². The Labute approximate surface area is 192 Å². The normalized spacial score (nSPS) is 21.9. The first-order valence-corrected chi connectivity index (χ1v) is 11.9. The zero-order chi connectivity index (χ0) is 22.6. The van der Waals surface area contributed by atoms with Gasteiger partial charge in [-0.05, 0) is 63.0 Å². The predicted octanol–water partition coefficient (Wildman–Crippen LogP) is 4.35. The Kier molecular flexibility index (Phi) is 6.44. The molecular weight excluding hydrogens is 420 g/mol. The quantitative estimate of drug-likeness (QED) is 0.602. The first kappa shape index (κ1) is 21.7. The Hall–Kier alpha value is -3.13. The highest BCUT2D eigenvalue weighted by Crippen LogP contribution is 2.35. The monoisotopic (exact) mass is 450 g/mol. The van der Waals surface area contributed by atoms with Gasteiger partial charge in [-0.3, -0.25) is 9.48 Å². The molecule has 0 saturated heterocycles. The number of carbonyl (C=O) groups is 1. The molecular formula is C25H30N4O4. The van der Waals surface area contributed by atoms with Gasteiger partial charge in [0.2, 0.25) is 5.88 Å². The van der Waals surface area contributed by atoms with E-state index < -0.39 is 0 Å². The number of benzene rings is 1. The number of hydrogen-bond donors (Lipinski definition) is 2. The standard InChI is InChI=1S/C25H30N4O4/c30-16-17-7-9-19(10-8-17)29-15-18-13-22-23(14-21(18)28-29)32-11-2-1-3-12-33-24-6-4-5-20(26-24)25(31)27-22/h4-6,13-15,17,19,30H,1-3,7-12,16H2,(H,27,31). The van der Waals surface area contributed by atoms with Crippen LogP contribution in [0.5, 0.6) is 11.6 Å². The van der Waals surface area contributed by atoms with Crippen LogP contribution in [-0.2, 0) is 0 Å². The Morgan fingerprint density at radius 1 is 1.06 bits per heavy atom. The lowest BCUT2D eigenvalue weighted by Gasteiger charge is -2.27. The summed E-state index contributed by atoms with van der Waals surface area (Å²) < 4.78 is 13.8. The van der Waals surface area contributed by atoms with Crippen LogP contribution >= 0.6 is 0 Å². The fraction of sp³-hybridized carbons (Fsp3) is 0.480. The Bertz CT molecular complexity index is 1120. The van der Waals surface area contributed by atoms with Crippen LogP contribution in [-0.4, -0.2) is 45.6 Å². The number of carbonyl (C=O) groups excluding carboxylic acids is 1. The van der Waals surface area contributed by atoms with Crippen LogP contribution < -0.4 is 14.8 Å². The van der Waals surface area contributed by atoms with Crippen LogP contribution in [0.4, 0.5) is 5.69 Å². The van der Waals surface area contributed by atoms with Crippen LogP contribution in [0.25, 0.3) is 10.9 Å². The highest BCUT2D eigenvalue weighted by molar-refractivity contribution is 6.05. The summed E-state index contributed by atoms with van der Waals surface area (Å²) in [5.41, 5.74) is 1.76. The molecule has 1 fully saturated rings. The zero-order valence-corrected chi connectivity index (χ0v) is 18.7. The second-order valence-electron chi connectivity index (χ2n) is 8.95. The second kappa shape index (κ2) is 9.79. The number of anilines is 1. The molecule has 8 nitrogen and oxygen atoms in total. The van der Waals surface area contributed by atoms with E-state index in [2.05, 4.69) is 10.3 Å². The van der Waals surface area contributed by atoms with Crippen LogP contribution in [0.1, 0.15) is 61.5 Å². The third-order valence-electron chi connectivity index (χ3n) is 6.57. The lowest BCUT2D eigenvalue weighted by molar-refractivity contribution is 0.102. The van der Waals surface area contributed by atoms with E-state index in [0.29, 0.717) is 48.2 Å². The first-order valence-electron chi connectivity index (χ1n) is 11.9. The van der Waals surface area contributed by atoms with Crippen molar-refractivity contribution in [3.05, 3.63) is 42.2 Å². The molecule has 5 rings (SSSR count). The van der Waals surface area contributed by atoms with Gasteiger partial charge in [0.15, 0.2) is 0 Å². The first-order chi connectivity index (χ1) is 16.2. The number of amides is 1. The molecule has 33 heavy (non-hydrogen) atoms. The maximum absolute atomic E-state index is 12.9. The summed E-state index contributed by atoms with van der Waals surface area (Å²) in [5.74, 6) is 1.18. The molecule has 1 aromatic carbocycles. The summed E-state index contributed by atoms with van der Waals surface area (Å²) in [4.78, 5) is 17.3. The smallest absolute Gasteiger partial charge is 0.274 e. The number of nitrogens with one attached hydrogen (secondary N) is 1. The number of rotatable bonds is 2. The average molecular weight is 451 g/mol. The van der Waals surface area contributed by atoms with Crippen molar-refractivity contribution in [1.82, 2.24) is 14.8 Å². The number of hydrogen-bond acceptors (Lipinski definition) is 6. The third-order valence-corrected chi connectivity index (χ3v) is 6.57. The lowest BCUT2D eigenvalue weighted by Crippen LogP contribution is -2.20. The van der Waals surface area contributed by atoms with Crippen LogP contribution in [0.2, 0.25) is 0 Å². The molecule has 2 aliphatic rings. The van der Waals surface area contributed by atoms with Gasteiger partial charge in [0.25, 0.3) is 5.91 Å². The maximum Gasteiger partial charge on any atom is 0.274 e. The zero-order valence-electron chi connectivity index (χ0n) is 18.7. The summed E-state index contributed by atoms with van der Waals surface area (Å²) in [5, 5.41) is 18.2. The molecule has 174 valence electrons. The Balaban J connectivity index is 1.44. The van der Waals surface area contributed by atoms with Gasteiger partial charge in [0.1, 0.15) is 11.4 Å². The molecule has 1 aliphatic heterocycles. The Morgan fingerprint density at radius 2 is 1.88 bits per heavy atom. The number of aliphatic hydroxyl groups is 1. The number of pyridine rings is 1. The molecule has 2 aromatic heterocycles. The van der Waals surface area contributed by atoms with E-state index >= 15 is 0 Å². The minimum atomic E-state index is -0.309. The number of aromatic nitrogens is 3. The highest BCUT2D eigenvalue weighted by atomic mass is 16.5. The summed E-state index contributed by atoms with van der Waals surface area (Å²) in [6.07, 6.45) is 8.87. The molecule has 0 atom stereocenters. The van der Waals surface area contributed by atoms with Crippen molar-refractivity contribution in [2.24, 2.45) is 5.92 Å². The molecule has 0 unspecified atom stereocenters. The highest BCUT2D eigenvalue weighted by Gasteiger charge is 2.23. The van der Waals surface area contributed by atoms with Gasteiger partial charge in [-0.25, -0.2) is 4.98 Å². The maximum atomic E-state index is 12.9. The summed E-state index contributed by atoms with van der Waals surface area (Å²) in [6, 6.07) is 9.40. The van der Waals surface area contributed by atoms with Crippen molar-refractivity contribution in [1.29, 1.82) is 0 Å². The van der Waals surface area contributed by atoms with E-state index in [1.54, 1.807) is 18.2 Å². The van der Waals surface area contributed by atoms with E-state index in [-0.39, 0.29) is 12.5 Å². The van der Waals surface area contributed by atoms with Crippen LogP contribution in [0.15, 0.2) is 36.5 Å². The molecule has 1 aliphatic carbocycles. The molecule has 2 bridgehead atoms. The van der Waals surface area contributed by atoms with E-state index in [1.165, 1.54) is 0 Å². The van der Waals surface area contributed by atoms with E-state index in [0.717, 1.165) is 55.8 Å². The number of fused-ring (bicyclic) bond motifs is 4. The van der Waals surface area contributed by atoms with Gasteiger partial charge in [-0.2, -0.15) is 5.10 Å². The van der Waals surface area contributed by atoms with E-state index in [1.807, 2.05) is 23.0 Å². The van der Waals surface area contributed by atoms with Crippen molar-refractivity contribution in [2.45, 2.75) is 51.0 Å². The SMILES string of the molecule is O=C1Nc2cc3cn(C4CCC(CO)CC4)nc3cc2OCCCCCOc2cccc1n2. The van der Waals surface area contributed by atoms with Crippen LogP contribution in [0, 0.1) is 5.92 Å². The predicted molar refractivity (Wildman–Crippen MR) is 125 cm³/mol. The number of ether oxygens (including phenoxy) is 2. The number of nitrogens with zero attached hydrogens (tertiary/aromatic N) is 3. The fourth-order valence-corrected chi connectivity index (χ4v) is 4.62. The number of aliphatic hydroxyl groups excluding tert-OH is 1. The van der Waals surface area contributed by atoms with Gasteiger partial charge in [-0.15, -0.1) is 0 Å². The second-order valence-corrected chi connectivity index (χ2v) is 8.95. The van der Waals surface area contributed by atoms with Crippen molar-refractivity contribution in [2.75, 3.05) is 25.1 Å². The largest absolute Gasteiger partial charge is 0.491 e. The minimum Gasteiger partial charge on any atom is -0.491 e. The summed E-state index contributed by atoms with van der Waals surface area (Å²) in [6.45, 7) is 1.39. The molecule has 1 saturated carbocycles. The molecule has 2 N–H and O–H groups in total. The van der Waals surface area contributed by atoms with Crippen molar-refractivity contribution < 1.29 is 19.4 Å². The minimum absolute atomic E-state index is 0.265. The summed E-state index contributed by atoms with van der Waals surface area (Å²) >= 11 is 0. The van der Waals surface area contributed by atoms with Crippen molar-refractivity contribution in [3.63, 3.8) is 0 Å². The molecule has 3 aromatic rings. The molecule has 8 heteroatoms. The van der Waals surface area contributed by atoms with Crippen LogP contribution in [0.3, 0.4) is 0 Å². The molecule has 0 spiro atoms. The molecule has 0 radical (unpaired) electrons. The molecule has 1 amide bonds. The van der Waals surface area contributed by atoms with E-state index in [9.17, 15) is 9.90 Å². The molecule has 3 heterocycles. The fourth-order valence-electron chi connectivity index (χ4n) is 4.62. The van der Waals surface area contributed by atoms with E-state index in [4.69, 9.17) is 14.6 Å². The van der Waals surface area contributed by atoms with Gasteiger partial charge in [0, 0.05) is 30.3 Å². The van der Waals surface area contributed by atoms with Gasteiger partial charge in [-0.1, -0.05) is 6.07 Å².